The van der Waals surface area contributed by atoms with Crippen LogP contribution in [0.4, 0.5) is 0 Å². The zero-order chi connectivity index (χ0) is 16.4. The summed E-state index contributed by atoms with van der Waals surface area (Å²) in [6.07, 6.45) is 4.49. The third-order valence-corrected chi connectivity index (χ3v) is 4.28. The standard InChI is InChI=1S/C17H20N2O4/c1-12-9-15(10-16(20)18(12)2)23-14-3-6-19(7-4-14)17(21)13-5-8-22-11-13/h5,8-11,14H,3-4,6-7H2,1-2H3. The molecule has 2 aromatic heterocycles. The van der Waals surface area contributed by atoms with Crippen molar-refractivity contribution in [3.8, 4) is 5.75 Å². The highest BCUT2D eigenvalue weighted by Gasteiger charge is 2.25. The number of carbonyl (C=O) groups excluding carboxylic acids is 1. The van der Waals surface area contributed by atoms with Gasteiger partial charge in [-0.05, 0) is 19.1 Å². The molecule has 122 valence electrons. The highest BCUT2D eigenvalue weighted by molar-refractivity contribution is 5.93. The van der Waals surface area contributed by atoms with Gasteiger partial charge in [0.25, 0.3) is 11.5 Å². The number of likely N-dealkylation sites (tertiary alicyclic amines) is 1. The largest absolute Gasteiger partial charge is 0.490 e. The molecule has 3 heterocycles. The van der Waals surface area contributed by atoms with Crippen molar-refractivity contribution >= 4 is 5.91 Å². The van der Waals surface area contributed by atoms with E-state index in [0.717, 1.165) is 18.5 Å². The summed E-state index contributed by atoms with van der Waals surface area (Å²) in [6.45, 7) is 3.15. The SMILES string of the molecule is Cc1cc(OC2CCN(C(=O)c3ccoc3)CC2)cc(=O)n1C. The molecule has 3 rings (SSSR count). The number of aromatic nitrogens is 1. The number of amides is 1. The van der Waals surface area contributed by atoms with Crippen molar-refractivity contribution in [3.63, 3.8) is 0 Å². The highest BCUT2D eigenvalue weighted by atomic mass is 16.5. The molecule has 0 aromatic carbocycles. The van der Waals surface area contributed by atoms with Crippen LogP contribution in [0, 0.1) is 6.92 Å². The van der Waals surface area contributed by atoms with E-state index in [1.807, 2.05) is 13.0 Å². The van der Waals surface area contributed by atoms with E-state index in [-0.39, 0.29) is 17.6 Å². The summed E-state index contributed by atoms with van der Waals surface area (Å²) in [5.74, 6) is 0.590. The maximum absolute atomic E-state index is 12.2. The van der Waals surface area contributed by atoms with Gasteiger partial charge in [0.1, 0.15) is 18.1 Å². The molecule has 0 N–H and O–H groups in total. The Labute approximate surface area is 134 Å². The molecule has 1 aliphatic heterocycles. The van der Waals surface area contributed by atoms with Crippen molar-refractivity contribution in [2.75, 3.05) is 13.1 Å². The first-order valence-electron chi connectivity index (χ1n) is 7.70. The number of ether oxygens (including phenoxy) is 1. The minimum absolute atomic E-state index is 0.0124. The van der Waals surface area contributed by atoms with Gasteiger partial charge in [0.15, 0.2) is 0 Å². The fraction of sp³-hybridized carbons (Fsp3) is 0.412. The van der Waals surface area contributed by atoms with Crippen LogP contribution in [0.15, 0.2) is 39.9 Å². The number of aryl methyl sites for hydroxylation is 1. The van der Waals surface area contributed by atoms with Crippen LogP contribution in [0.3, 0.4) is 0 Å². The number of nitrogens with zero attached hydrogens (tertiary/aromatic N) is 2. The maximum Gasteiger partial charge on any atom is 0.257 e. The van der Waals surface area contributed by atoms with Gasteiger partial charge in [0, 0.05) is 44.7 Å². The van der Waals surface area contributed by atoms with Crippen LogP contribution in [-0.2, 0) is 7.05 Å². The van der Waals surface area contributed by atoms with Gasteiger partial charge in [-0.25, -0.2) is 0 Å². The second kappa shape index (κ2) is 6.32. The Morgan fingerprint density at radius 3 is 2.65 bits per heavy atom. The Morgan fingerprint density at radius 2 is 2.04 bits per heavy atom. The molecule has 0 unspecified atom stereocenters. The number of piperidine rings is 1. The number of furan rings is 1. The van der Waals surface area contributed by atoms with E-state index in [2.05, 4.69) is 0 Å². The van der Waals surface area contributed by atoms with Gasteiger partial charge in [0.2, 0.25) is 0 Å². The van der Waals surface area contributed by atoms with Crippen molar-refractivity contribution < 1.29 is 13.9 Å². The molecular formula is C17H20N2O4. The Hall–Kier alpha value is -2.50. The van der Waals surface area contributed by atoms with Gasteiger partial charge in [-0.2, -0.15) is 0 Å². The number of rotatable bonds is 3. The van der Waals surface area contributed by atoms with E-state index in [0.29, 0.717) is 24.4 Å². The second-order valence-electron chi connectivity index (χ2n) is 5.85. The van der Waals surface area contributed by atoms with Gasteiger partial charge in [-0.15, -0.1) is 0 Å². The van der Waals surface area contributed by atoms with Crippen molar-refractivity contribution in [1.82, 2.24) is 9.47 Å². The zero-order valence-electron chi connectivity index (χ0n) is 13.3. The van der Waals surface area contributed by atoms with Crippen molar-refractivity contribution in [2.45, 2.75) is 25.9 Å². The maximum atomic E-state index is 12.2. The van der Waals surface area contributed by atoms with E-state index in [9.17, 15) is 9.59 Å². The van der Waals surface area contributed by atoms with Gasteiger partial charge in [-0.1, -0.05) is 0 Å². The number of carbonyl (C=O) groups is 1. The molecule has 0 aliphatic carbocycles. The lowest BCUT2D eigenvalue weighted by molar-refractivity contribution is 0.0594. The topological polar surface area (TPSA) is 64.7 Å². The molecule has 0 atom stereocenters. The van der Waals surface area contributed by atoms with Crippen LogP contribution >= 0.6 is 0 Å². The Bertz CT molecular complexity index is 740. The number of hydrogen-bond acceptors (Lipinski definition) is 4. The van der Waals surface area contributed by atoms with Crippen LogP contribution in [0.5, 0.6) is 5.75 Å². The zero-order valence-corrected chi connectivity index (χ0v) is 13.3. The summed E-state index contributed by atoms with van der Waals surface area (Å²) < 4.78 is 12.5. The van der Waals surface area contributed by atoms with Crippen LogP contribution in [0.25, 0.3) is 0 Å². The first-order valence-corrected chi connectivity index (χ1v) is 7.70. The lowest BCUT2D eigenvalue weighted by Gasteiger charge is -2.32. The molecule has 23 heavy (non-hydrogen) atoms. The van der Waals surface area contributed by atoms with Crippen molar-refractivity contribution in [2.24, 2.45) is 7.05 Å². The van der Waals surface area contributed by atoms with Crippen LogP contribution in [0.2, 0.25) is 0 Å². The molecule has 2 aromatic rings. The Kier molecular flexibility index (Phi) is 4.23. The first-order chi connectivity index (χ1) is 11.0. The molecular weight excluding hydrogens is 296 g/mol. The highest BCUT2D eigenvalue weighted by Crippen LogP contribution is 2.20. The van der Waals surface area contributed by atoms with Crippen molar-refractivity contribution in [3.05, 3.63) is 52.3 Å². The third kappa shape index (κ3) is 3.31. The lowest BCUT2D eigenvalue weighted by atomic mass is 10.1. The monoisotopic (exact) mass is 316 g/mol. The third-order valence-electron chi connectivity index (χ3n) is 4.28. The predicted molar refractivity (Wildman–Crippen MR) is 84.7 cm³/mol. The summed E-state index contributed by atoms with van der Waals surface area (Å²) in [6, 6.07) is 5.05. The summed E-state index contributed by atoms with van der Waals surface area (Å²) in [7, 11) is 1.74. The van der Waals surface area contributed by atoms with Crippen LogP contribution in [-0.4, -0.2) is 34.6 Å². The Balaban J connectivity index is 1.59. The molecule has 0 saturated carbocycles. The lowest BCUT2D eigenvalue weighted by Crippen LogP contribution is -2.41. The fourth-order valence-corrected chi connectivity index (χ4v) is 2.74. The van der Waals surface area contributed by atoms with Crippen LogP contribution < -0.4 is 10.3 Å². The molecule has 1 saturated heterocycles. The molecule has 0 spiro atoms. The molecule has 6 nitrogen and oxygen atoms in total. The fourth-order valence-electron chi connectivity index (χ4n) is 2.74. The van der Waals surface area contributed by atoms with E-state index >= 15 is 0 Å². The van der Waals surface area contributed by atoms with Crippen LogP contribution in [0.1, 0.15) is 28.9 Å². The summed E-state index contributed by atoms with van der Waals surface area (Å²) in [5, 5.41) is 0. The molecule has 6 heteroatoms. The number of hydrogen-bond donors (Lipinski definition) is 0. The predicted octanol–water partition coefficient (Wildman–Crippen LogP) is 1.97. The molecule has 1 aliphatic rings. The first kappa shape index (κ1) is 15.4. The minimum Gasteiger partial charge on any atom is -0.490 e. The molecule has 1 amide bonds. The smallest absolute Gasteiger partial charge is 0.257 e. The summed E-state index contributed by atoms with van der Waals surface area (Å²) in [4.78, 5) is 25.8. The summed E-state index contributed by atoms with van der Waals surface area (Å²) >= 11 is 0. The quantitative estimate of drug-likeness (QED) is 0.868. The van der Waals surface area contributed by atoms with Gasteiger partial charge in [0.05, 0.1) is 11.8 Å². The summed E-state index contributed by atoms with van der Waals surface area (Å²) in [5.41, 5.74) is 1.36. The molecule has 0 bridgehead atoms. The minimum atomic E-state index is -0.0763. The normalized spacial score (nSPS) is 15.7. The second-order valence-corrected chi connectivity index (χ2v) is 5.85. The van der Waals surface area contributed by atoms with E-state index < -0.39 is 0 Å². The van der Waals surface area contributed by atoms with E-state index in [4.69, 9.17) is 9.15 Å². The van der Waals surface area contributed by atoms with Gasteiger partial charge >= 0.3 is 0 Å². The average Bonchev–Trinajstić information content (AvgIpc) is 3.07. The van der Waals surface area contributed by atoms with Gasteiger partial charge in [-0.3, -0.25) is 9.59 Å². The Morgan fingerprint density at radius 1 is 1.30 bits per heavy atom. The van der Waals surface area contributed by atoms with E-state index in [1.54, 1.807) is 22.6 Å². The molecule has 1 fully saturated rings. The number of pyridine rings is 1. The molecule has 0 radical (unpaired) electrons. The van der Waals surface area contributed by atoms with Gasteiger partial charge < -0.3 is 18.6 Å². The average molecular weight is 316 g/mol. The van der Waals surface area contributed by atoms with Crippen molar-refractivity contribution in [1.29, 1.82) is 0 Å². The van der Waals surface area contributed by atoms with E-state index in [1.165, 1.54) is 18.6 Å².